The van der Waals surface area contributed by atoms with Crippen molar-refractivity contribution in [3.05, 3.63) is 29.8 Å². The number of nitrogens with one attached hydrogen (secondary N) is 2. The van der Waals surface area contributed by atoms with Crippen LogP contribution in [-0.4, -0.2) is 18.4 Å². The molecule has 1 aromatic rings. The number of hydrogen-bond acceptors (Lipinski definition) is 2. The van der Waals surface area contributed by atoms with Gasteiger partial charge in [-0.25, -0.2) is 0 Å². The molecule has 0 saturated heterocycles. The van der Waals surface area contributed by atoms with Gasteiger partial charge in [-0.15, -0.1) is 0 Å². The molecule has 104 valence electrons. The number of para-hydroxylation sites is 1. The summed E-state index contributed by atoms with van der Waals surface area (Å²) in [5.41, 5.74) is 1.90. The van der Waals surface area contributed by atoms with Crippen molar-refractivity contribution in [2.45, 2.75) is 33.6 Å². The number of carbonyl (C=O) groups is 2. The summed E-state index contributed by atoms with van der Waals surface area (Å²) in [6.45, 7) is 7.74. The first-order valence-corrected chi connectivity index (χ1v) is 6.58. The van der Waals surface area contributed by atoms with Crippen molar-refractivity contribution in [2.24, 2.45) is 5.92 Å². The maximum atomic E-state index is 11.8. The average molecular weight is 262 g/mol. The van der Waals surface area contributed by atoms with Crippen LogP contribution in [0.4, 0.5) is 5.69 Å². The molecule has 0 aliphatic carbocycles. The number of carbonyl (C=O) groups excluding carboxylic acids is 2. The van der Waals surface area contributed by atoms with Gasteiger partial charge in [0.1, 0.15) is 0 Å². The van der Waals surface area contributed by atoms with Gasteiger partial charge < -0.3 is 10.6 Å². The van der Waals surface area contributed by atoms with E-state index in [4.69, 9.17) is 0 Å². The molecule has 4 nitrogen and oxygen atoms in total. The van der Waals surface area contributed by atoms with Crippen LogP contribution in [0.25, 0.3) is 0 Å². The fourth-order valence-electron chi connectivity index (χ4n) is 1.68. The van der Waals surface area contributed by atoms with Crippen LogP contribution in [0.2, 0.25) is 0 Å². The standard InChI is InChI=1S/C15H22N2O2/c1-10(2)12-7-5-6-8-13(12)17-14(18)9-16-15(19)11(3)4/h5-8,10-11H,9H2,1-4H3,(H,16,19)(H,17,18). The SMILES string of the molecule is CC(C)C(=O)NCC(=O)Nc1ccccc1C(C)C. The van der Waals surface area contributed by atoms with Gasteiger partial charge in [-0.3, -0.25) is 9.59 Å². The van der Waals surface area contributed by atoms with Crippen molar-refractivity contribution >= 4 is 17.5 Å². The van der Waals surface area contributed by atoms with E-state index in [1.807, 2.05) is 24.3 Å². The molecule has 1 rings (SSSR count). The summed E-state index contributed by atoms with van der Waals surface area (Å²) in [7, 11) is 0. The predicted octanol–water partition coefficient (Wildman–Crippen LogP) is 2.52. The van der Waals surface area contributed by atoms with Crippen molar-refractivity contribution in [1.82, 2.24) is 5.32 Å². The first-order valence-electron chi connectivity index (χ1n) is 6.58. The van der Waals surface area contributed by atoms with Gasteiger partial charge in [0, 0.05) is 11.6 Å². The fourth-order valence-corrected chi connectivity index (χ4v) is 1.68. The van der Waals surface area contributed by atoms with Gasteiger partial charge in [-0.1, -0.05) is 45.9 Å². The number of amides is 2. The van der Waals surface area contributed by atoms with Crippen LogP contribution < -0.4 is 10.6 Å². The third-order valence-electron chi connectivity index (χ3n) is 2.80. The molecule has 4 heteroatoms. The van der Waals surface area contributed by atoms with E-state index in [9.17, 15) is 9.59 Å². The monoisotopic (exact) mass is 262 g/mol. The van der Waals surface area contributed by atoms with Crippen LogP contribution in [0.5, 0.6) is 0 Å². The number of anilines is 1. The highest BCUT2D eigenvalue weighted by Crippen LogP contribution is 2.23. The average Bonchev–Trinajstić information content (AvgIpc) is 2.36. The molecule has 0 aliphatic heterocycles. The molecule has 0 aliphatic rings. The zero-order valence-electron chi connectivity index (χ0n) is 12.0. The lowest BCUT2D eigenvalue weighted by atomic mass is 10.0. The predicted molar refractivity (Wildman–Crippen MR) is 77.0 cm³/mol. The Balaban J connectivity index is 2.60. The molecule has 2 amide bonds. The number of benzene rings is 1. The van der Waals surface area contributed by atoms with Crippen LogP contribution in [0.1, 0.15) is 39.2 Å². The molecule has 0 spiro atoms. The van der Waals surface area contributed by atoms with E-state index < -0.39 is 0 Å². The lowest BCUT2D eigenvalue weighted by molar-refractivity contribution is -0.126. The molecular weight excluding hydrogens is 240 g/mol. The Morgan fingerprint density at radius 1 is 1.11 bits per heavy atom. The van der Waals surface area contributed by atoms with Crippen molar-refractivity contribution < 1.29 is 9.59 Å². The summed E-state index contributed by atoms with van der Waals surface area (Å²) in [6, 6.07) is 7.70. The van der Waals surface area contributed by atoms with Crippen LogP contribution in [-0.2, 0) is 9.59 Å². The Labute approximate surface area is 114 Å². The lowest BCUT2D eigenvalue weighted by Crippen LogP contribution is -2.35. The Hall–Kier alpha value is -1.84. The Morgan fingerprint density at radius 3 is 2.32 bits per heavy atom. The lowest BCUT2D eigenvalue weighted by Gasteiger charge is -2.14. The third kappa shape index (κ3) is 4.73. The van der Waals surface area contributed by atoms with Crippen LogP contribution >= 0.6 is 0 Å². The minimum absolute atomic E-state index is 0.00342. The van der Waals surface area contributed by atoms with Crippen molar-refractivity contribution in [2.75, 3.05) is 11.9 Å². The topological polar surface area (TPSA) is 58.2 Å². The molecule has 0 heterocycles. The van der Waals surface area contributed by atoms with E-state index in [2.05, 4.69) is 24.5 Å². The normalized spacial score (nSPS) is 10.6. The molecule has 2 N–H and O–H groups in total. The molecule has 0 fully saturated rings. The largest absolute Gasteiger partial charge is 0.347 e. The van der Waals surface area contributed by atoms with E-state index >= 15 is 0 Å². The summed E-state index contributed by atoms with van der Waals surface area (Å²) in [6.07, 6.45) is 0. The first kappa shape index (κ1) is 15.2. The van der Waals surface area contributed by atoms with Crippen LogP contribution in [0.15, 0.2) is 24.3 Å². The Bertz CT molecular complexity index is 453. The summed E-state index contributed by atoms with van der Waals surface area (Å²) in [4.78, 5) is 23.2. The molecule has 0 aromatic heterocycles. The van der Waals surface area contributed by atoms with Gasteiger partial charge in [-0.05, 0) is 17.5 Å². The molecule has 0 unspecified atom stereocenters. The highest BCUT2D eigenvalue weighted by atomic mass is 16.2. The molecule has 0 saturated carbocycles. The van der Waals surface area contributed by atoms with Gasteiger partial charge in [0.15, 0.2) is 0 Å². The van der Waals surface area contributed by atoms with Gasteiger partial charge in [0.25, 0.3) is 0 Å². The summed E-state index contributed by atoms with van der Waals surface area (Å²) >= 11 is 0. The Morgan fingerprint density at radius 2 is 1.74 bits per heavy atom. The Kier molecular flexibility index (Phi) is 5.55. The van der Waals surface area contributed by atoms with Crippen molar-refractivity contribution in [3.63, 3.8) is 0 Å². The molecule has 0 atom stereocenters. The second-order valence-electron chi connectivity index (χ2n) is 5.16. The van der Waals surface area contributed by atoms with E-state index in [0.717, 1.165) is 11.3 Å². The van der Waals surface area contributed by atoms with E-state index in [-0.39, 0.29) is 24.3 Å². The fraction of sp³-hybridized carbons (Fsp3) is 0.467. The molecule has 0 bridgehead atoms. The summed E-state index contributed by atoms with van der Waals surface area (Å²) in [5, 5.41) is 5.43. The van der Waals surface area contributed by atoms with Gasteiger partial charge in [0.05, 0.1) is 6.54 Å². The number of hydrogen-bond donors (Lipinski definition) is 2. The van der Waals surface area contributed by atoms with E-state index in [0.29, 0.717) is 5.92 Å². The van der Waals surface area contributed by atoms with Crippen molar-refractivity contribution in [1.29, 1.82) is 0 Å². The quantitative estimate of drug-likeness (QED) is 0.856. The van der Waals surface area contributed by atoms with Crippen LogP contribution in [0, 0.1) is 5.92 Å². The van der Waals surface area contributed by atoms with Gasteiger partial charge in [0.2, 0.25) is 11.8 Å². The maximum absolute atomic E-state index is 11.8. The number of rotatable bonds is 5. The van der Waals surface area contributed by atoms with Gasteiger partial charge in [-0.2, -0.15) is 0 Å². The zero-order chi connectivity index (χ0) is 14.4. The van der Waals surface area contributed by atoms with Gasteiger partial charge >= 0.3 is 0 Å². The van der Waals surface area contributed by atoms with Crippen LogP contribution in [0.3, 0.4) is 0 Å². The highest BCUT2D eigenvalue weighted by Gasteiger charge is 2.11. The highest BCUT2D eigenvalue weighted by molar-refractivity contribution is 5.95. The third-order valence-corrected chi connectivity index (χ3v) is 2.80. The minimum Gasteiger partial charge on any atom is -0.347 e. The molecule has 1 aromatic carbocycles. The second kappa shape index (κ2) is 6.92. The van der Waals surface area contributed by atoms with Crippen molar-refractivity contribution in [3.8, 4) is 0 Å². The summed E-state index contributed by atoms with van der Waals surface area (Å²) < 4.78 is 0. The zero-order valence-corrected chi connectivity index (χ0v) is 12.0. The maximum Gasteiger partial charge on any atom is 0.243 e. The summed E-state index contributed by atoms with van der Waals surface area (Å²) in [5.74, 6) is -0.105. The smallest absolute Gasteiger partial charge is 0.243 e. The second-order valence-corrected chi connectivity index (χ2v) is 5.16. The molecule has 0 radical (unpaired) electrons. The molecule has 19 heavy (non-hydrogen) atoms. The molecular formula is C15H22N2O2. The van der Waals surface area contributed by atoms with E-state index in [1.165, 1.54) is 0 Å². The first-order chi connectivity index (χ1) is 8.91. The van der Waals surface area contributed by atoms with E-state index in [1.54, 1.807) is 13.8 Å². The minimum atomic E-state index is -0.206.